The van der Waals surface area contributed by atoms with E-state index in [1.165, 1.54) is 29.2 Å². The van der Waals surface area contributed by atoms with E-state index in [1.807, 2.05) is 12.1 Å². The Balaban J connectivity index is 1.53. The first kappa shape index (κ1) is 23.7. The number of carbonyl (C=O) groups is 2. The molecule has 7 nitrogen and oxygen atoms in total. The van der Waals surface area contributed by atoms with Crippen LogP contribution in [0.3, 0.4) is 0 Å². The molecular weight excluding hydrogens is 474 g/mol. The van der Waals surface area contributed by atoms with E-state index < -0.39 is 5.97 Å². The van der Waals surface area contributed by atoms with Gasteiger partial charge in [0.15, 0.2) is 10.8 Å². The minimum atomic E-state index is -0.564. The predicted octanol–water partition coefficient (Wildman–Crippen LogP) is 6.00. The molecule has 4 rings (SSSR count). The molecule has 1 aliphatic heterocycles. The van der Waals surface area contributed by atoms with Gasteiger partial charge in [-0.3, -0.25) is 9.69 Å². The summed E-state index contributed by atoms with van der Waals surface area (Å²) >= 11 is 7.35. The van der Waals surface area contributed by atoms with Crippen LogP contribution in [-0.2, 0) is 14.3 Å². The Hall–Kier alpha value is -3.49. The van der Waals surface area contributed by atoms with Crippen LogP contribution in [0.25, 0.3) is 6.08 Å². The number of nitrogens with zero attached hydrogens (tertiary/aromatic N) is 3. The normalized spacial score (nSPS) is 14.1. The molecule has 2 aromatic carbocycles. The van der Waals surface area contributed by atoms with E-state index in [2.05, 4.69) is 16.9 Å². The lowest BCUT2D eigenvalue weighted by Crippen LogP contribution is -2.22. The van der Waals surface area contributed by atoms with Crippen LogP contribution >= 0.6 is 22.9 Å². The zero-order chi connectivity index (χ0) is 24.1. The number of hydrogen-bond acceptors (Lipinski definition) is 7. The highest BCUT2D eigenvalue weighted by Gasteiger charge is 2.25. The molecule has 0 saturated heterocycles. The third kappa shape index (κ3) is 5.52. The zero-order valence-corrected chi connectivity index (χ0v) is 20.2. The molecule has 2 heterocycles. The molecule has 0 unspecified atom stereocenters. The van der Waals surface area contributed by atoms with Crippen molar-refractivity contribution in [1.29, 1.82) is 0 Å². The number of unbranched alkanes of at least 4 members (excludes halogenated alkanes) is 1. The van der Waals surface area contributed by atoms with Crippen molar-refractivity contribution in [3.8, 4) is 5.75 Å². The smallest absolute Gasteiger partial charge is 0.363 e. The highest BCUT2D eigenvalue weighted by molar-refractivity contribution is 7.14. The van der Waals surface area contributed by atoms with Crippen LogP contribution in [0.15, 0.2) is 64.6 Å². The maximum atomic E-state index is 12.4. The summed E-state index contributed by atoms with van der Waals surface area (Å²) in [4.78, 5) is 35.0. The number of thiazole rings is 1. The summed E-state index contributed by atoms with van der Waals surface area (Å²) in [5.74, 6) is 0.198. The fourth-order valence-electron chi connectivity index (χ4n) is 3.19. The molecule has 1 aromatic heterocycles. The number of rotatable bonds is 8. The van der Waals surface area contributed by atoms with Crippen molar-refractivity contribution in [2.45, 2.75) is 26.7 Å². The second-order valence-corrected chi connectivity index (χ2v) is 8.72. The highest BCUT2D eigenvalue weighted by atomic mass is 35.5. The SMILES string of the molecule is CCCCOc1ccc(C2=N/C(=C\c3csc(N(C(C)=O)c4cccc(Cl)c4)n3)C(=O)O2)cc1. The molecule has 0 saturated carbocycles. The number of ether oxygens (including phenoxy) is 2. The van der Waals surface area contributed by atoms with E-state index >= 15 is 0 Å². The van der Waals surface area contributed by atoms with Crippen LogP contribution < -0.4 is 9.64 Å². The number of anilines is 2. The number of aromatic nitrogens is 1. The van der Waals surface area contributed by atoms with E-state index in [-0.39, 0.29) is 17.5 Å². The van der Waals surface area contributed by atoms with Gasteiger partial charge in [0.05, 0.1) is 18.0 Å². The first-order chi connectivity index (χ1) is 16.4. The van der Waals surface area contributed by atoms with E-state index in [0.717, 1.165) is 18.6 Å². The first-order valence-corrected chi connectivity index (χ1v) is 12.0. The molecule has 0 fully saturated rings. The molecule has 174 valence electrons. The topological polar surface area (TPSA) is 81.1 Å². The summed E-state index contributed by atoms with van der Waals surface area (Å²) in [6.45, 7) is 4.22. The van der Waals surface area contributed by atoms with Crippen LogP contribution in [0, 0.1) is 0 Å². The Bertz CT molecular complexity index is 1270. The largest absolute Gasteiger partial charge is 0.494 e. The number of carbonyl (C=O) groups excluding carboxylic acids is 2. The maximum Gasteiger partial charge on any atom is 0.363 e. The van der Waals surface area contributed by atoms with Gasteiger partial charge in [-0.15, -0.1) is 11.3 Å². The maximum absolute atomic E-state index is 12.4. The number of cyclic esters (lactones) is 1. The average molecular weight is 496 g/mol. The Labute approximate surface area is 206 Å². The zero-order valence-electron chi connectivity index (χ0n) is 18.7. The van der Waals surface area contributed by atoms with Gasteiger partial charge < -0.3 is 9.47 Å². The van der Waals surface area contributed by atoms with Gasteiger partial charge in [-0.2, -0.15) is 0 Å². The lowest BCUT2D eigenvalue weighted by Gasteiger charge is -2.18. The van der Waals surface area contributed by atoms with Gasteiger partial charge in [-0.05, 0) is 55.0 Å². The summed E-state index contributed by atoms with van der Waals surface area (Å²) in [6, 6.07) is 14.2. The quantitative estimate of drug-likeness (QED) is 0.217. The molecule has 1 amide bonds. The fraction of sp³-hybridized carbons (Fsp3) is 0.200. The number of amides is 1. The van der Waals surface area contributed by atoms with Crippen molar-refractivity contribution < 1.29 is 19.1 Å². The molecule has 0 radical (unpaired) electrons. The molecule has 34 heavy (non-hydrogen) atoms. The number of aliphatic imine (C=N–C) groups is 1. The third-order valence-corrected chi connectivity index (χ3v) is 5.93. The molecule has 0 aliphatic carbocycles. The molecule has 0 N–H and O–H groups in total. The Morgan fingerprint density at radius 3 is 2.74 bits per heavy atom. The summed E-state index contributed by atoms with van der Waals surface area (Å²) in [7, 11) is 0. The van der Waals surface area contributed by atoms with Crippen molar-refractivity contribution in [2.24, 2.45) is 4.99 Å². The van der Waals surface area contributed by atoms with Gasteiger partial charge in [0.2, 0.25) is 11.8 Å². The highest BCUT2D eigenvalue weighted by Crippen LogP contribution is 2.31. The van der Waals surface area contributed by atoms with Gasteiger partial charge in [0.25, 0.3) is 0 Å². The van der Waals surface area contributed by atoms with Gasteiger partial charge >= 0.3 is 5.97 Å². The standard InChI is InChI=1S/C25H22ClN3O4S/c1-3-4-12-32-21-10-8-17(9-11-21)23-28-22(24(31)33-23)14-19-15-34-25(27-19)29(16(2)30)20-7-5-6-18(26)13-20/h5-11,13-15H,3-4,12H2,1-2H3/b22-14-. The molecule has 0 spiro atoms. The second-order valence-electron chi connectivity index (χ2n) is 7.45. The van der Waals surface area contributed by atoms with Crippen LogP contribution in [0.1, 0.15) is 37.9 Å². The van der Waals surface area contributed by atoms with Crippen LogP contribution in [0.2, 0.25) is 5.02 Å². The van der Waals surface area contributed by atoms with E-state index in [0.29, 0.717) is 33.7 Å². The number of halogens is 1. The summed E-state index contributed by atoms with van der Waals surface area (Å²) in [5.41, 5.74) is 1.90. The van der Waals surface area contributed by atoms with E-state index in [9.17, 15) is 9.59 Å². The summed E-state index contributed by atoms with van der Waals surface area (Å²) in [5, 5.41) is 2.71. The minimum Gasteiger partial charge on any atom is -0.494 e. The number of esters is 1. The second kappa shape index (κ2) is 10.6. The Morgan fingerprint density at radius 2 is 2.03 bits per heavy atom. The van der Waals surface area contributed by atoms with E-state index in [1.54, 1.807) is 41.8 Å². The minimum absolute atomic E-state index is 0.132. The van der Waals surface area contributed by atoms with Crippen molar-refractivity contribution in [3.05, 3.63) is 75.9 Å². The van der Waals surface area contributed by atoms with Crippen molar-refractivity contribution in [2.75, 3.05) is 11.5 Å². The molecule has 0 bridgehead atoms. The van der Waals surface area contributed by atoms with Crippen LogP contribution in [0.4, 0.5) is 10.8 Å². The van der Waals surface area contributed by atoms with Crippen molar-refractivity contribution >= 4 is 57.6 Å². The van der Waals surface area contributed by atoms with Crippen molar-refractivity contribution in [3.63, 3.8) is 0 Å². The van der Waals surface area contributed by atoms with E-state index in [4.69, 9.17) is 21.1 Å². The molecular formula is C25H22ClN3O4S. The molecule has 0 atom stereocenters. The van der Waals surface area contributed by atoms with Gasteiger partial charge in [-0.1, -0.05) is 31.0 Å². The van der Waals surface area contributed by atoms with Gasteiger partial charge in [0, 0.05) is 22.9 Å². The summed E-state index contributed by atoms with van der Waals surface area (Å²) < 4.78 is 11.0. The predicted molar refractivity (Wildman–Crippen MR) is 134 cm³/mol. The van der Waals surface area contributed by atoms with Crippen LogP contribution in [-0.4, -0.2) is 29.4 Å². The Morgan fingerprint density at radius 1 is 1.24 bits per heavy atom. The summed E-state index contributed by atoms with van der Waals surface area (Å²) in [6.07, 6.45) is 3.59. The first-order valence-electron chi connectivity index (χ1n) is 10.7. The van der Waals surface area contributed by atoms with Crippen LogP contribution in [0.5, 0.6) is 5.75 Å². The fourth-order valence-corrected chi connectivity index (χ4v) is 4.22. The monoisotopic (exact) mass is 495 g/mol. The molecule has 3 aromatic rings. The number of hydrogen-bond donors (Lipinski definition) is 0. The Kier molecular flexibility index (Phi) is 7.40. The lowest BCUT2D eigenvalue weighted by atomic mass is 10.2. The molecule has 1 aliphatic rings. The lowest BCUT2D eigenvalue weighted by molar-refractivity contribution is -0.130. The van der Waals surface area contributed by atoms with Gasteiger partial charge in [-0.25, -0.2) is 14.8 Å². The van der Waals surface area contributed by atoms with Crippen molar-refractivity contribution in [1.82, 2.24) is 4.98 Å². The molecule has 9 heteroatoms. The van der Waals surface area contributed by atoms with Gasteiger partial charge in [0.1, 0.15) is 5.75 Å². The average Bonchev–Trinajstić information content (AvgIpc) is 3.41. The number of benzene rings is 2. The third-order valence-electron chi connectivity index (χ3n) is 4.86.